The normalized spacial score (nSPS) is 14.8. The van der Waals surface area contributed by atoms with Crippen LogP contribution >= 0.6 is 0 Å². The minimum atomic E-state index is -0.246. The molecule has 3 heterocycles. The molecule has 0 amide bonds. The average Bonchev–Trinajstić information content (AvgIpc) is 3.29. The highest BCUT2D eigenvalue weighted by molar-refractivity contribution is 5.96. The van der Waals surface area contributed by atoms with Crippen LogP contribution < -0.4 is 0 Å². The summed E-state index contributed by atoms with van der Waals surface area (Å²) in [5.74, 6) is 1.95. The van der Waals surface area contributed by atoms with E-state index in [2.05, 4.69) is 19.9 Å². The Hall–Kier alpha value is -2.76. The number of imidazole rings is 1. The molecule has 0 spiro atoms. The third kappa shape index (κ3) is 2.18. The SMILES string of the molecule is Cc1nc2ccc(-c3c[nH]c4nc(C5CC5)ncc34)c(F)c2n1C(C)C. The lowest BCUT2D eigenvalue weighted by Gasteiger charge is -2.12. The van der Waals surface area contributed by atoms with Crippen LogP contribution in [0.3, 0.4) is 0 Å². The third-order valence-electron chi connectivity index (χ3n) is 5.17. The van der Waals surface area contributed by atoms with Crippen LogP contribution in [0.4, 0.5) is 4.39 Å². The van der Waals surface area contributed by atoms with Gasteiger partial charge in [0.1, 0.15) is 22.8 Å². The van der Waals surface area contributed by atoms with Crippen molar-refractivity contribution < 1.29 is 4.39 Å². The summed E-state index contributed by atoms with van der Waals surface area (Å²) in [4.78, 5) is 16.8. The highest BCUT2D eigenvalue weighted by Gasteiger charge is 2.27. The summed E-state index contributed by atoms with van der Waals surface area (Å²) in [7, 11) is 0. The van der Waals surface area contributed by atoms with E-state index >= 15 is 4.39 Å². The fourth-order valence-electron chi connectivity index (χ4n) is 3.79. The first-order valence-corrected chi connectivity index (χ1v) is 9.06. The zero-order valence-electron chi connectivity index (χ0n) is 15.0. The van der Waals surface area contributed by atoms with Crippen molar-refractivity contribution in [1.82, 2.24) is 24.5 Å². The van der Waals surface area contributed by atoms with Crippen molar-refractivity contribution in [3.05, 3.63) is 42.0 Å². The van der Waals surface area contributed by atoms with Crippen LogP contribution in [0, 0.1) is 12.7 Å². The van der Waals surface area contributed by atoms with E-state index in [-0.39, 0.29) is 11.9 Å². The number of aromatic nitrogens is 5. The van der Waals surface area contributed by atoms with Crippen LogP contribution in [0.15, 0.2) is 24.5 Å². The van der Waals surface area contributed by atoms with E-state index in [9.17, 15) is 0 Å². The maximum Gasteiger partial charge on any atom is 0.157 e. The number of aryl methyl sites for hydroxylation is 1. The van der Waals surface area contributed by atoms with Crippen molar-refractivity contribution in [2.24, 2.45) is 0 Å². The van der Waals surface area contributed by atoms with Crippen LogP contribution in [0.1, 0.15) is 50.3 Å². The van der Waals surface area contributed by atoms with Gasteiger partial charge in [-0.2, -0.15) is 0 Å². The number of H-pyrrole nitrogens is 1. The fraction of sp³-hybridized carbons (Fsp3) is 0.350. The Kier molecular flexibility index (Phi) is 3.20. The number of fused-ring (bicyclic) bond motifs is 2. The second kappa shape index (κ2) is 5.37. The quantitative estimate of drug-likeness (QED) is 0.573. The predicted octanol–water partition coefficient (Wildman–Crippen LogP) is 4.88. The van der Waals surface area contributed by atoms with Crippen molar-refractivity contribution in [2.45, 2.75) is 45.6 Å². The second-order valence-corrected chi connectivity index (χ2v) is 7.38. The average molecular weight is 349 g/mol. The molecule has 1 aliphatic rings. The van der Waals surface area contributed by atoms with Crippen molar-refractivity contribution >= 4 is 22.1 Å². The van der Waals surface area contributed by atoms with Crippen LogP contribution in [0.2, 0.25) is 0 Å². The first-order chi connectivity index (χ1) is 12.5. The smallest absolute Gasteiger partial charge is 0.157 e. The van der Waals surface area contributed by atoms with Crippen LogP contribution in [-0.2, 0) is 0 Å². The standard InChI is InChI=1S/C20H20FN5/c1-10(2)26-11(3)24-16-7-6-13(17(21)18(16)26)14-8-23-20-15(14)9-22-19(25-20)12-4-5-12/h6-10,12H,4-5H2,1-3H3,(H,22,23,25). The van der Waals surface area contributed by atoms with E-state index in [1.54, 1.807) is 6.07 Å². The van der Waals surface area contributed by atoms with Crippen LogP contribution in [-0.4, -0.2) is 24.5 Å². The summed E-state index contributed by atoms with van der Waals surface area (Å²) in [6, 6.07) is 3.82. The summed E-state index contributed by atoms with van der Waals surface area (Å²) in [5.41, 5.74) is 3.35. The molecule has 0 unspecified atom stereocenters. The second-order valence-electron chi connectivity index (χ2n) is 7.38. The number of halogens is 1. The number of hydrogen-bond acceptors (Lipinski definition) is 3. The Labute approximate surface area is 150 Å². The number of nitrogens with zero attached hydrogens (tertiary/aromatic N) is 4. The van der Waals surface area contributed by atoms with Crippen molar-refractivity contribution in [3.63, 3.8) is 0 Å². The summed E-state index contributed by atoms with van der Waals surface area (Å²) in [6.07, 6.45) is 5.95. The van der Waals surface area contributed by atoms with Gasteiger partial charge in [-0.15, -0.1) is 0 Å². The third-order valence-corrected chi connectivity index (χ3v) is 5.17. The first kappa shape index (κ1) is 15.5. The largest absolute Gasteiger partial charge is 0.345 e. The van der Waals surface area contributed by atoms with E-state index < -0.39 is 0 Å². The molecule has 1 fully saturated rings. The molecule has 1 saturated carbocycles. The van der Waals surface area contributed by atoms with Gasteiger partial charge in [-0.1, -0.05) is 0 Å². The number of benzene rings is 1. The monoisotopic (exact) mass is 349 g/mol. The Morgan fingerprint density at radius 2 is 2.00 bits per heavy atom. The first-order valence-electron chi connectivity index (χ1n) is 9.06. The van der Waals surface area contributed by atoms with Gasteiger partial charge in [0, 0.05) is 40.9 Å². The van der Waals surface area contributed by atoms with Gasteiger partial charge in [0.25, 0.3) is 0 Å². The van der Waals surface area contributed by atoms with Crippen LogP contribution in [0.25, 0.3) is 33.2 Å². The zero-order chi connectivity index (χ0) is 18.0. The number of hydrogen-bond donors (Lipinski definition) is 1. The molecule has 0 atom stereocenters. The van der Waals surface area contributed by atoms with Gasteiger partial charge in [-0.3, -0.25) is 0 Å². The van der Waals surface area contributed by atoms with Gasteiger partial charge in [-0.25, -0.2) is 19.3 Å². The van der Waals surface area contributed by atoms with Crippen molar-refractivity contribution in [3.8, 4) is 11.1 Å². The molecule has 6 heteroatoms. The highest BCUT2D eigenvalue weighted by Crippen LogP contribution is 2.39. The highest BCUT2D eigenvalue weighted by atomic mass is 19.1. The molecule has 5 nitrogen and oxygen atoms in total. The van der Waals surface area contributed by atoms with Gasteiger partial charge in [0.2, 0.25) is 0 Å². The molecule has 0 saturated heterocycles. The number of aromatic amines is 1. The molecule has 26 heavy (non-hydrogen) atoms. The Morgan fingerprint density at radius 3 is 2.73 bits per heavy atom. The maximum absolute atomic E-state index is 15.5. The van der Waals surface area contributed by atoms with Gasteiger partial charge in [-0.05, 0) is 45.7 Å². The van der Waals surface area contributed by atoms with E-state index in [0.29, 0.717) is 22.5 Å². The van der Waals surface area contributed by atoms with E-state index in [0.717, 1.165) is 41.1 Å². The Bertz CT molecular complexity index is 1150. The summed E-state index contributed by atoms with van der Waals surface area (Å²) in [5, 5.41) is 0.847. The lowest BCUT2D eigenvalue weighted by atomic mass is 10.0. The molecular weight excluding hydrogens is 329 g/mol. The van der Waals surface area contributed by atoms with E-state index in [1.165, 1.54) is 0 Å². The molecule has 132 valence electrons. The van der Waals surface area contributed by atoms with E-state index in [1.807, 2.05) is 43.8 Å². The minimum Gasteiger partial charge on any atom is -0.345 e. The Morgan fingerprint density at radius 1 is 1.19 bits per heavy atom. The Balaban J connectivity index is 1.73. The summed E-state index contributed by atoms with van der Waals surface area (Å²) >= 11 is 0. The molecule has 0 aliphatic heterocycles. The molecule has 0 bridgehead atoms. The van der Waals surface area contributed by atoms with Crippen molar-refractivity contribution in [2.75, 3.05) is 0 Å². The number of rotatable bonds is 3. The maximum atomic E-state index is 15.5. The van der Waals surface area contributed by atoms with Crippen molar-refractivity contribution in [1.29, 1.82) is 0 Å². The molecule has 1 N–H and O–H groups in total. The van der Waals surface area contributed by atoms with E-state index in [4.69, 9.17) is 0 Å². The molecule has 4 aromatic rings. The van der Waals surface area contributed by atoms with Gasteiger partial charge in [0.05, 0.1) is 5.52 Å². The van der Waals surface area contributed by atoms with Crippen LogP contribution in [0.5, 0.6) is 0 Å². The fourth-order valence-corrected chi connectivity index (χ4v) is 3.79. The zero-order valence-corrected chi connectivity index (χ0v) is 15.0. The minimum absolute atomic E-state index is 0.136. The molecule has 5 rings (SSSR count). The molecule has 0 radical (unpaired) electrons. The lowest BCUT2D eigenvalue weighted by Crippen LogP contribution is -2.04. The summed E-state index contributed by atoms with van der Waals surface area (Å²) in [6.45, 7) is 6.00. The topological polar surface area (TPSA) is 59.4 Å². The number of nitrogens with one attached hydrogen (secondary N) is 1. The summed E-state index contributed by atoms with van der Waals surface area (Å²) < 4.78 is 17.4. The predicted molar refractivity (Wildman–Crippen MR) is 99.7 cm³/mol. The molecular formula is C20H20FN5. The van der Waals surface area contributed by atoms with Gasteiger partial charge in [0.15, 0.2) is 5.82 Å². The molecule has 1 aromatic carbocycles. The lowest BCUT2D eigenvalue weighted by molar-refractivity contribution is 0.576. The molecule has 1 aliphatic carbocycles. The van der Waals surface area contributed by atoms with Gasteiger partial charge >= 0.3 is 0 Å². The van der Waals surface area contributed by atoms with Gasteiger partial charge < -0.3 is 9.55 Å². The molecule has 3 aromatic heterocycles.